The van der Waals surface area contributed by atoms with Crippen LogP contribution in [0.5, 0.6) is 5.75 Å². The molecular weight excluding hydrogens is 340 g/mol. The molecule has 2 rings (SSSR count). The number of thiocarbonyl (C=S) groups is 1. The van der Waals surface area contributed by atoms with Crippen LogP contribution in [0.3, 0.4) is 0 Å². The van der Waals surface area contributed by atoms with Crippen LogP contribution in [-0.2, 0) is 5.41 Å². The van der Waals surface area contributed by atoms with Crippen molar-refractivity contribution >= 4 is 23.0 Å². The van der Waals surface area contributed by atoms with Crippen LogP contribution < -0.4 is 15.4 Å². The summed E-state index contributed by atoms with van der Waals surface area (Å²) in [6.45, 7) is 10.8. The van der Waals surface area contributed by atoms with Crippen molar-refractivity contribution in [2.45, 2.75) is 38.6 Å². The standard InChI is InChI=1S/C22H28N2OS/c1-5-15-25-20-13-11-19(12-14-20)24-21(26)23-17(2)16-22(3,4)18-9-7-6-8-10-18/h5-14,17H,1,15-16H2,2-4H3,(H2,23,24,26)/t17-/m1/s1. The average molecular weight is 369 g/mol. The molecule has 0 unspecified atom stereocenters. The van der Waals surface area contributed by atoms with Gasteiger partial charge in [-0.3, -0.25) is 0 Å². The number of anilines is 1. The molecule has 2 N–H and O–H groups in total. The summed E-state index contributed by atoms with van der Waals surface area (Å²) in [7, 11) is 0. The fraction of sp³-hybridized carbons (Fsp3) is 0.318. The highest BCUT2D eigenvalue weighted by atomic mass is 32.1. The first-order valence-electron chi connectivity index (χ1n) is 8.87. The molecule has 26 heavy (non-hydrogen) atoms. The summed E-state index contributed by atoms with van der Waals surface area (Å²) in [6, 6.07) is 18.6. The van der Waals surface area contributed by atoms with Crippen LogP contribution in [-0.4, -0.2) is 17.8 Å². The Morgan fingerprint density at radius 3 is 2.42 bits per heavy atom. The summed E-state index contributed by atoms with van der Waals surface area (Å²) >= 11 is 5.45. The Morgan fingerprint density at radius 1 is 1.15 bits per heavy atom. The maximum atomic E-state index is 5.48. The van der Waals surface area contributed by atoms with E-state index in [1.54, 1.807) is 6.08 Å². The zero-order valence-corrected chi connectivity index (χ0v) is 16.6. The predicted octanol–water partition coefficient (Wildman–Crippen LogP) is 5.29. The van der Waals surface area contributed by atoms with Gasteiger partial charge in [0, 0.05) is 11.7 Å². The monoisotopic (exact) mass is 368 g/mol. The Kier molecular flexibility index (Phi) is 7.22. The van der Waals surface area contributed by atoms with Crippen LogP contribution in [0.15, 0.2) is 67.3 Å². The molecule has 1 atom stereocenters. The van der Waals surface area contributed by atoms with E-state index >= 15 is 0 Å². The van der Waals surface area contributed by atoms with Gasteiger partial charge in [-0.1, -0.05) is 56.8 Å². The molecule has 0 aliphatic heterocycles. The molecule has 2 aromatic carbocycles. The van der Waals surface area contributed by atoms with Gasteiger partial charge in [-0.25, -0.2) is 0 Å². The normalized spacial score (nSPS) is 12.1. The van der Waals surface area contributed by atoms with Crippen LogP contribution in [0.4, 0.5) is 5.69 Å². The number of hydrogen-bond acceptors (Lipinski definition) is 2. The largest absolute Gasteiger partial charge is 0.490 e. The van der Waals surface area contributed by atoms with Gasteiger partial charge >= 0.3 is 0 Å². The number of rotatable bonds is 8. The quantitative estimate of drug-likeness (QED) is 0.490. The van der Waals surface area contributed by atoms with Crippen LogP contribution in [0.2, 0.25) is 0 Å². The molecule has 0 saturated heterocycles. The van der Waals surface area contributed by atoms with Crippen molar-refractivity contribution in [1.29, 1.82) is 0 Å². The molecule has 0 heterocycles. The summed E-state index contributed by atoms with van der Waals surface area (Å²) in [5.41, 5.74) is 2.35. The van der Waals surface area contributed by atoms with Crippen molar-refractivity contribution in [3.05, 3.63) is 72.8 Å². The lowest BCUT2D eigenvalue weighted by Gasteiger charge is -2.29. The summed E-state index contributed by atoms with van der Waals surface area (Å²) in [5.74, 6) is 0.812. The minimum absolute atomic E-state index is 0.0768. The van der Waals surface area contributed by atoms with E-state index < -0.39 is 0 Å². The fourth-order valence-corrected chi connectivity index (χ4v) is 3.32. The third-order valence-electron chi connectivity index (χ3n) is 4.23. The van der Waals surface area contributed by atoms with Crippen LogP contribution in [0.25, 0.3) is 0 Å². The van der Waals surface area contributed by atoms with Crippen LogP contribution in [0.1, 0.15) is 32.8 Å². The Balaban J connectivity index is 1.86. The van der Waals surface area contributed by atoms with Gasteiger partial charge in [0.05, 0.1) is 0 Å². The second-order valence-electron chi connectivity index (χ2n) is 7.08. The van der Waals surface area contributed by atoms with E-state index in [4.69, 9.17) is 17.0 Å². The second kappa shape index (κ2) is 9.39. The predicted molar refractivity (Wildman–Crippen MR) is 115 cm³/mol. The third kappa shape index (κ3) is 6.19. The topological polar surface area (TPSA) is 33.3 Å². The smallest absolute Gasteiger partial charge is 0.170 e. The van der Waals surface area contributed by atoms with E-state index in [9.17, 15) is 0 Å². The molecule has 0 bridgehead atoms. The second-order valence-corrected chi connectivity index (χ2v) is 7.49. The van der Waals surface area contributed by atoms with Gasteiger partial charge in [-0.2, -0.15) is 0 Å². The van der Waals surface area contributed by atoms with E-state index in [1.807, 2.05) is 30.3 Å². The highest BCUT2D eigenvalue weighted by Crippen LogP contribution is 2.28. The van der Waals surface area contributed by atoms with E-state index in [0.717, 1.165) is 17.9 Å². The summed E-state index contributed by atoms with van der Waals surface area (Å²) in [4.78, 5) is 0. The molecule has 0 aromatic heterocycles. The van der Waals surface area contributed by atoms with E-state index in [2.05, 4.69) is 62.2 Å². The summed E-state index contributed by atoms with van der Waals surface area (Å²) in [6.07, 6.45) is 2.71. The van der Waals surface area contributed by atoms with Crippen molar-refractivity contribution in [1.82, 2.24) is 5.32 Å². The van der Waals surface area contributed by atoms with Gasteiger partial charge in [0.15, 0.2) is 5.11 Å². The SMILES string of the molecule is C=CCOc1ccc(NC(=S)N[C@H](C)CC(C)(C)c2ccccc2)cc1. The van der Waals surface area contributed by atoms with Gasteiger partial charge in [-0.15, -0.1) is 0 Å². The zero-order valence-electron chi connectivity index (χ0n) is 15.8. The average Bonchev–Trinajstić information content (AvgIpc) is 2.61. The van der Waals surface area contributed by atoms with Gasteiger partial charge < -0.3 is 15.4 Å². The lowest BCUT2D eigenvalue weighted by atomic mass is 9.79. The molecule has 3 nitrogen and oxygen atoms in total. The van der Waals surface area contributed by atoms with E-state index in [-0.39, 0.29) is 11.5 Å². The van der Waals surface area contributed by atoms with Gasteiger partial charge in [0.1, 0.15) is 12.4 Å². The molecule has 4 heteroatoms. The molecule has 2 aromatic rings. The Morgan fingerprint density at radius 2 is 1.81 bits per heavy atom. The molecule has 0 spiro atoms. The molecule has 0 fully saturated rings. The highest BCUT2D eigenvalue weighted by Gasteiger charge is 2.23. The lowest BCUT2D eigenvalue weighted by molar-refractivity contribution is 0.363. The first kappa shape index (κ1) is 20.0. The minimum atomic E-state index is 0.0768. The van der Waals surface area contributed by atoms with Gasteiger partial charge in [-0.05, 0) is 60.8 Å². The summed E-state index contributed by atoms with van der Waals surface area (Å²) in [5, 5.41) is 7.23. The van der Waals surface area contributed by atoms with Gasteiger partial charge in [0.25, 0.3) is 0 Å². The molecular formula is C22H28N2OS. The number of ether oxygens (including phenoxy) is 1. The Bertz CT molecular complexity index is 711. The molecule has 0 amide bonds. The van der Waals surface area contributed by atoms with Crippen molar-refractivity contribution in [3.63, 3.8) is 0 Å². The minimum Gasteiger partial charge on any atom is -0.490 e. The lowest BCUT2D eigenvalue weighted by Crippen LogP contribution is -2.39. The number of hydrogen-bond donors (Lipinski definition) is 2. The zero-order chi connectivity index (χ0) is 19.0. The Labute approximate surface area is 162 Å². The Hall–Kier alpha value is -2.33. The van der Waals surface area contributed by atoms with E-state index in [1.165, 1.54) is 5.56 Å². The van der Waals surface area contributed by atoms with Crippen molar-refractivity contribution < 1.29 is 4.74 Å². The molecule has 0 radical (unpaired) electrons. The maximum absolute atomic E-state index is 5.48. The van der Waals surface area contributed by atoms with Crippen molar-refractivity contribution in [2.24, 2.45) is 0 Å². The summed E-state index contributed by atoms with van der Waals surface area (Å²) < 4.78 is 5.48. The van der Waals surface area contributed by atoms with E-state index in [0.29, 0.717) is 11.7 Å². The first-order valence-corrected chi connectivity index (χ1v) is 9.28. The molecule has 0 saturated carbocycles. The third-order valence-corrected chi connectivity index (χ3v) is 4.45. The number of benzene rings is 2. The first-order chi connectivity index (χ1) is 12.4. The maximum Gasteiger partial charge on any atom is 0.170 e. The molecule has 138 valence electrons. The van der Waals surface area contributed by atoms with Gasteiger partial charge in [0.2, 0.25) is 0 Å². The fourth-order valence-electron chi connectivity index (χ4n) is 3.00. The molecule has 0 aliphatic rings. The van der Waals surface area contributed by atoms with Crippen LogP contribution in [0, 0.1) is 0 Å². The van der Waals surface area contributed by atoms with Crippen molar-refractivity contribution in [3.8, 4) is 5.75 Å². The number of nitrogens with one attached hydrogen (secondary N) is 2. The highest BCUT2D eigenvalue weighted by molar-refractivity contribution is 7.80. The van der Waals surface area contributed by atoms with Crippen molar-refractivity contribution in [2.75, 3.05) is 11.9 Å². The molecule has 0 aliphatic carbocycles. The van der Waals surface area contributed by atoms with Crippen LogP contribution >= 0.6 is 12.2 Å².